The average molecular weight is 339 g/mol. The molecule has 0 aromatic heterocycles. The van der Waals surface area contributed by atoms with Crippen LogP contribution < -0.4 is 10.7 Å². The van der Waals surface area contributed by atoms with Crippen LogP contribution in [0.4, 0.5) is 5.69 Å². The van der Waals surface area contributed by atoms with Gasteiger partial charge < -0.3 is 0 Å². The van der Waals surface area contributed by atoms with Gasteiger partial charge in [-0.2, -0.15) is 0 Å². The van der Waals surface area contributed by atoms with Crippen LogP contribution in [0.15, 0.2) is 87.8 Å². The highest BCUT2D eigenvalue weighted by molar-refractivity contribution is 5.88. The second kappa shape index (κ2) is 6.84. The lowest BCUT2D eigenvalue weighted by molar-refractivity contribution is -0.119. The summed E-state index contributed by atoms with van der Waals surface area (Å²) in [7, 11) is 0. The molecule has 1 heterocycles. The minimum atomic E-state index is -0.657. The Balaban J connectivity index is 1.75. The lowest BCUT2D eigenvalue weighted by Gasteiger charge is -2.14. The van der Waals surface area contributed by atoms with E-state index < -0.39 is 6.04 Å². The van der Waals surface area contributed by atoms with Crippen molar-refractivity contribution in [2.45, 2.75) is 13.0 Å². The molecular weight excluding hydrogens is 322 g/mol. The SMILES string of the molecule is Cc1cccc(C=Nc2ccccc2C2N=c3ccccc3=NC2=O)c1. The normalized spacial score (nSPS) is 16.0. The molecule has 4 heteroatoms. The predicted octanol–water partition coefficient (Wildman–Crippen LogP) is 3.27. The summed E-state index contributed by atoms with van der Waals surface area (Å²) in [5.41, 5.74) is 3.68. The molecule has 0 saturated heterocycles. The Labute approximate surface area is 151 Å². The Morgan fingerprint density at radius 1 is 0.923 bits per heavy atom. The minimum Gasteiger partial charge on any atom is -0.270 e. The maximum Gasteiger partial charge on any atom is 0.275 e. The van der Waals surface area contributed by atoms with Crippen LogP contribution in [0.1, 0.15) is 22.7 Å². The highest BCUT2D eigenvalue weighted by Crippen LogP contribution is 2.29. The third-order valence-corrected chi connectivity index (χ3v) is 4.24. The first-order valence-electron chi connectivity index (χ1n) is 8.46. The standard InChI is InChI=1S/C22H17N3O/c1-15-7-6-8-16(13-15)14-23-18-10-3-2-9-17(18)21-22(26)25-20-12-5-4-11-19(20)24-21/h2-14,21H,1H3. The average Bonchev–Trinajstić information content (AvgIpc) is 2.66. The van der Waals surface area contributed by atoms with Crippen LogP contribution in [0.3, 0.4) is 0 Å². The third kappa shape index (κ3) is 3.22. The van der Waals surface area contributed by atoms with E-state index in [1.807, 2.05) is 73.8 Å². The fourth-order valence-corrected chi connectivity index (χ4v) is 2.98. The van der Waals surface area contributed by atoms with E-state index in [9.17, 15) is 4.79 Å². The molecule has 0 radical (unpaired) electrons. The fraction of sp³-hybridized carbons (Fsp3) is 0.0909. The number of fused-ring (bicyclic) bond motifs is 1. The maximum atomic E-state index is 12.5. The zero-order chi connectivity index (χ0) is 17.9. The number of nitrogens with zero attached hydrogens (tertiary/aromatic N) is 3. The molecule has 0 saturated carbocycles. The number of aliphatic imine (C=N–C) groups is 1. The third-order valence-electron chi connectivity index (χ3n) is 4.24. The van der Waals surface area contributed by atoms with Gasteiger partial charge in [0.2, 0.25) is 0 Å². The van der Waals surface area contributed by atoms with Gasteiger partial charge in [-0.25, -0.2) is 4.99 Å². The largest absolute Gasteiger partial charge is 0.275 e. The van der Waals surface area contributed by atoms with Crippen molar-refractivity contribution in [2.75, 3.05) is 0 Å². The number of hydrogen-bond donors (Lipinski definition) is 0. The molecule has 0 aliphatic carbocycles. The van der Waals surface area contributed by atoms with E-state index in [0.717, 1.165) is 22.2 Å². The molecule has 126 valence electrons. The number of aryl methyl sites for hydroxylation is 1. The van der Waals surface area contributed by atoms with Crippen molar-refractivity contribution in [3.05, 3.63) is 100 Å². The van der Waals surface area contributed by atoms with E-state index in [4.69, 9.17) is 0 Å². The van der Waals surface area contributed by atoms with Crippen LogP contribution >= 0.6 is 0 Å². The van der Waals surface area contributed by atoms with E-state index in [-0.39, 0.29) is 5.91 Å². The van der Waals surface area contributed by atoms with Crippen molar-refractivity contribution in [1.29, 1.82) is 0 Å². The van der Waals surface area contributed by atoms with Gasteiger partial charge in [-0.3, -0.25) is 14.8 Å². The number of amides is 1. The quantitative estimate of drug-likeness (QED) is 0.676. The predicted molar refractivity (Wildman–Crippen MR) is 101 cm³/mol. The summed E-state index contributed by atoms with van der Waals surface area (Å²) in [6, 6.07) is 22.5. The number of para-hydroxylation sites is 3. The summed E-state index contributed by atoms with van der Waals surface area (Å²) in [5, 5.41) is 1.35. The van der Waals surface area contributed by atoms with E-state index in [1.165, 1.54) is 5.56 Å². The Morgan fingerprint density at radius 3 is 2.54 bits per heavy atom. The molecular formula is C22H17N3O. The second-order valence-electron chi connectivity index (χ2n) is 6.20. The van der Waals surface area contributed by atoms with E-state index in [2.05, 4.69) is 21.0 Å². The number of hydrogen-bond acceptors (Lipinski definition) is 3. The zero-order valence-corrected chi connectivity index (χ0v) is 14.3. The van der Waals surface area contributed by atoms with Crippen LogP contribution in [0.25, 0.3) is 0 Å². The molecule has 1 aliphatic heterocycles. The van der Waals surface area contributed by atoms with Crippen molar-refractivity contribution in [1.82, 2.24) is 0 Å². The molecule has 0 spiro atoms. The van der Waals surface area contributed by atoms with E-state index in [1.54, 1.807) is 6.07 Å². The summed E-state index contributed by atoms with van der Waals surface area (Å²) in [6.07, 6.45) is 1.81. The summed E-state index contributed by atoms with van der Waals surface area (Å²) in [6.45, 7) is 2.05. The highest BCUT2D eigenvalue weighted by Gasteiger charge is 2.23. The van der Waals surface area contributed by atoms with Gasteiger partial charge in [-0.05, 0) is 30.7 Å². The minimum absolute atomic E-state index is 0.262. The molecule has 0 fully saturated rings. The van der Waals surface area contributed by atoms with E-state index in [0.29, 0.717) is 5.36 Å². The van der Waals surface area contributed by atoms with Gasteiger partial charge >= 0.3 is 0 Å². The highest BCUT2D eigenvalue weighted by atomic mass is 16.1. The molecule has 3 aromatic rings. The van der Waals surface area contributed by atoms with Gasteiger partial charge in [0.15, 0.2) is 6.04 Å². The number of rotatable bonds is 3. The smallest absolute Gasteiger partial charge is 0.270 e. The monoisotopic (exact) mass is 339 g/mol. The maximum absolute atomic E-state index is 12.5. The number of benzene rings is 3. The van der Waals surface area contributed by atoms with E-state index >= 15 is 0 Å². The Morgan fingerprint density at radius 2 is 1.69 bits per heavy atom. The molecule has 0 bridgehead atoms. The summed E-state index contributed by atoms with van der Waals surface area (Å²) < 4.78 is 0. The first-order chi connectivity index (χ1) is 12.7. The summed E-state index contributed by atoms with van der Waals surface area (Å²) in [4.78, 5) is 25.9. The van der Waals surface area contributed by atoms with Crippen LogP contribution in [-0.2, 0) is 4.79 Å². The molecule has 1 atom stereocenters. The van der Waals surface area contributed by atoms with Gasteiger partial charge in [0.1, 0.15) is 0 Å². The van der Waals surface area contributed by atoms with Crippen molar-refractivity contribution in [3.63, 3.8) is 0 Å². The molecule has 4 nitrogen and oxygen atoms in total. The van der Waals surface area contributed by atoms with Gasteiger partial charge in [0.25, 0.3) is 5.91 Å². The van der Waals surface area contributed by atoms with Gasteiger partial charge in [0, 0.05) is 11.8 Å². The molecule has 26 heavy (non-hydrogen) atoms. The van der Waals surface area contributed by atoms with Crippen LogP contribution in [0, 0.1) is 6.92 Å². The molecule has 3 aromatic carbocycles. The topological polar surface area (TPSA) is 54.1 Å². The van der Waals surface area contributed by atoms with Gasteiger partial charge in [-0.15, -0.1) is 0 Å². The van der Waals surface area contributed by atoms with Gasteiger partial charge in [0.05, 0.1) is 16.4 Å². The second-order valence-corrected chi connectivity index (χ2v) is 6.20. The number of carbonyl (C=O) groups excluding carboxylic acids is 1. The fourth-order valence-electron chi connectivity index (χ4n) is 2.98. The van der Waals surface area contributed by atoms with Crippen molar-refractivity contribution >= 4 is 17.8 Å². The van der Waals surface area contributed by atoms with Crippen molar-refractivity contribution in [2.24, 2.45) is 15.0 Å². The Bertz CT molecular complexity index is 1130. The first-order valence-corrected chi connectivity index (χ1v) is 8.46. The molecule has 0 N–H and O–H groups in total. The molecule has 1 aliphatic rings. The molecule has 1 unspecified atom stereocenters. The summed E-state index contributed by atoms with van der Waals surface area (Å²) in [5.74, 6) is -0.262. The molecule has 1 amide bonds. The Kier molecular flexibility index (Phi) is 4.23. The van der Waals surface area contributed by atoms with Crippen molar-refractivity contribution in [3.8, 4) is 0 Å². The molecule has 4 rings (SSSR count). The number of carbonyl (C=O) groups is 1. The summed E-state index contributed by atoms with van der Waals surface area (Å²) >= 11 is 0. The van der Waals surface area contributed by atoms with Crippen molar-refractivity contribution < 1.29 is 4.79 Å². The van der Waals surface area contributed by atoms with Crippen LogP contribution in [0.2, 0.25) is 0 Å². The first kappa shape index (κ1) is 16.1. The van der Waals surface area contributed by atoms with Crippen LogP contribution in [0.5, 0.6) is 0 Å². The zero-order valence-electron chi connectivity index (χ0n) is 14.3. The Hall–Kier alpha value is -3.40. The van der Waals surface area contributed by atoms with Crippen LogP contribution in [-0.4, -0.2) is 12.1 Å². The lowest BCUT2D eigenvalue weighted by atomic mass is 10.0. The van der Waals surface area contributed by atoms with Gasteiger partial charge in [-0.1, -0.05) is 60.2 Å². The lowest BCUT2D eigenvalue weighted by Crippen LogP contribution is -2.33.